The third-order valence-corrected chi connectivity index (χ3v) is 4.04. The summed E-state index contributed by atoms with van der Waals surface area (Å²) in [5, 5.41) is 0. The Kier molecular flexibility index (Phi) is 4.13. The fourth-order valence-corrected chi connectivity index (χ4v) is 3.06. The minimum absolute atomic E-state index is 0.0384. The van der Waals surface area contributed by atoms with Crippen molar-refractivity contribution < 1.29 is 13.9 Å². The molecule has 0 radical (unpaired) electrons. The van der Waals surface area contributed by atoms with Crippen LogP contribution in [0.3, 0.4) is 0 Å². The van der Waals surface area contributed by atoms with Gasteiger partial charge in [0, 0.05) is 24.3 Å². The molecule has 3 rings (SSSR count). The molecule has 2 unspecified atom stereocenters. The van der Waals surface area contributed by atoms with E-state index in [4.69, 9.17) is 14.9 Å². The highest BCUT2D eigenvalue weighted by Gasteiger charge is 2.28. The normalized spacial score (nSPS) is 21.4. The first-order valence-electron chi connectivity index (χ1n) is 7.85. The lowest BCUT2D eigenvalue weighted by Gasteiger charge is -2.34. The maximum Gasteiger partial charge on any atom is 0.289 e. The molecule has 5 nitrogen and oxygen atoms in total. The number of aryl methyl sites for hydroxylation is 1. The van der Waals surface area contributed by atoms with E-state index in [1.165, 1.54) is 0 Å². The summed E-state index contributed by atoms with van der Waals surface area (Å²) in [6, 6.07) is 9.20. The van der Waals surface area contributed by atoms with Crippen LogP contribution >= 0.6 is 0 Å². The monoisotopic (exact) mass is 314 g/mol. The molecule has 1 aliphatic rings. The third kappa shape index (κ3) is 3.24. The van der Waals surface area contributed by atoms with Crippen molar-refractivity contribution in [1.82, 2.24) is 4.90 Å². The highest BCUT2D eigenvalue weighted by atomic mass is 16.5. The molecule has 2 aromatic rings. The molecule has 1 aromatic carbocycles. The lowest BCUT2D eigenvalue weighted by atomic mass is 10.1. The van der Waals surface area contributed by atoms with Crippen LogP contribution in [-0.2, 0) is 4.74 Å². The molecule has 1 aromatic heterocycles. The van der Waals surface area contributed by atoms with Crippen LogP contribution in [-0.4, -0.2) is 36.1 Å². The van der Waals surface area contributed by atoms with Gasteiger partial charge in [0.15, 0.2) is 5.76 Å². The molecule has 2 N–H and O–H groups in total. The van der Waals surface area contributed by atoms with Crippen molar-refractivity contribution in [2.24, 2.45) is 0 Å². The van der Waals surface area contributed by atoms with E-state index in [0.717, 1.165) is 11.1 Å². The molecule has 0 saturated carbocycles. The summed E-state index contributed by atoms with van der Waals surface area (Å²) in [6.07, 6.45) is 0.0768. The van der Waals surface area contributed by atoms with Gasteiger partial charge in [-0.15, -0.1) is 0 Å². The SMILES string of the molecule is Cc1cc(N)ccc1-c1ccc(C(=O)N2CC(C)OC(C)C2)o1. The van der Waals surface area contributed by atoms with Crippen LogP contribution in [0.15, 0.2) is 34.7 Å². The van der Waals surface area contributed by atoms with Gasteiger partial charge in [0.1, 0.15) is 5.76 Å². The molecule has 5 heteroatoms. The highest BCUT2D eigenvalue weighted by molar-refractivity contribution is 5.92. The topological polar surface area (TPSA) is 68.7 Å². The summed E-state index contributed by atoms with van der Waals surface area (Å²) in [5.41, 5.74) is 8.46. The number of furan rings is 1. The lowest BCUT2D eigenvalue weighted by Crippen LogP contribution is -2.48. The first-order chi connectivity index (χ1) is 10.9. The van der Waals surface area contributed by atoms with Gasteiger partial charge >= 0.3 is 0 Å². The minimum Gasteiger partial charge on any atom is -0.451 e. The maximum atomic E-state index is 12.6. The molecular formula is C18H22N2O3. The second-order valence-electron chi connectivity index (χ2n) is 6.21. The Hall–Kier alpha value is -2.27. The molecule has 0 spiro atoms. The number of nitrogens with two attached hydrogens (primary N) is 1. The molecule has 2 heterocycles. The zero-order valence-corrected chi connectivity index (χ0v) is 13.7. The zero-order chi connectivity index (χ0) is 16.6. The van der Waals surface area contributed by atoms with Gasteiger partial charge in [-0.25, -0.2) is 0 Å². The van der Waals surface area contributed by atoms with Crippen LogP contribution in [0.4, 0.5) is 5.69 Å². The predicted molar refractivity (Wildman–Crippen MR) is 89.2 cm³/mol. The highest BCUT2D eigenvalue weighted by Crippen LogP contribution is 2.27. The summed E-state index contributed by atoms with van der Waals surface area (Å²) < 4.78 is 11.5. The number of morpholine rings is 1. The van der Waals surface area contributed by atoms with Crippen molar-refractivity contribution in [3.63, 3.8) is 0 Å². The Labute approximate surface area is 136 Å². The predicted octanol–water partition coefficient (Wildman–Crippen LogP) is 3.09. The average molecular weight is 314 g/mol. The summed E-state index contributed by atoms with van der Waals surface area (Å²) in [4.78, 5) is 14.4. The number of carbonyl (C=O) groups is 1. The van der Waals surface area contributed by atoms with Gasteiger partial charge in [-0.05, 0) is 56.7 Å². The van der Waals surface area contributed by atoms with E-state index in [1.54, 1.807) is 11.0 Å². The van der Waals surface area contributed by atoms with Gasteiger partial charge in [-0.1, -0.05) is 0 Å². The largest absolute Gasteiger partial charge is 0.451 e. The molecule has 23 heavy (non-hydrogen) atoms. The van der Waals surface area contributed by atoms with E-state index >= 15 is 0 Å². The first kappa shape index (κ1) is 15.6. The third-order valence-electron chi connectivity index (χ3n) is 4.04. The number of carbonyl (C=O) groups excluding carboxylic acids is 1. The number of ether oxygens (including phenoxy) is 1. The lowest BCUT2D eigenvalue weighted by molar-refractivity contribution is -0.0592. The number of rotatable bonds is 2. The number of hydrogen-bond donors (Lipinski definition) is 1. The number of amides is 1. The Morgan fingerprint density at radius 2 is 1.87 bits per heavy atom. The molecule has 1 amide bonds. The summed E-state index contributed by atoms with van der Waals surface area (Å²) in [7, 11) is 0. The smallest absolute Gasteiger partial charge is 0.289 e. The van der Waals surface area contributed by atoms with Gasteiger partial charge < -0.3 is 19.8 Å². The van der Waals surface area contributed by atoms with Gasteiger partial charge in [0.2, 0.25) is 0 Å². The summed E-state index contributed by atoms with van der Waals surface area (Å²) in [5.74, 6) is 0.948. The average Bonchev–Trinajstić information content (AvgIpc) is 2.95. The molecular weight excluding hydrogens is 292 g/mol. The van der Waals surface area contributed by atoms with Gasteiger partial charge in [-0.3, -0.25) is 4.79 Å². The van der Waals surface area contributed by atoms with E-state index in [2.05, 4.69) is 0 Å². The van der Waals surface area contributed by atoms with Crippen molar-refractivity contribution in [3.05, 3.63) is 41.7 Å². The van der Waals surface area contributed by atoms with E-state index in [9.17, 15) is 4.79 Å². The van der Waals surface area contributed by atoms with E-state index in [1.807, 2.05) is 45.0 Å². The van der Waals surface area contributed by atoms with Crippen molar-refractivity contribution in [2.75, 3.05) is 18.8 Å². The van der Waals surface area contributed by atoms with E-state index in [0.29, 0.717) is 30.3 Å². The Balaban J connectivity index is 1.82. The van der Waals surface area contributed by atoms with E-state index in [-0.39, 0.29) is 18.1 Å². The number of hydrogen-bond acceptors (Lipinski definition) is 4. The molecule has 1 fully saturated rings. The molecule has 0 bridgehead atoms. The number of benzene rings is 1. The molecule has 0 aliphatic carbocycles. The zero-order valence-electron chi connectivity index (χ0n) is 13.7. The number of nitrogens with zero attached hydrogens (tertiary/aromatic N) is 1. The van der Waals surface area contributed by atoms with Gasteiger partial charge in [-0.2, -0.15) is 0 Å². The quantitative estimate of drug-likeness (QED) is 0.865. The molecule has 1 aliphatic heterocycles. The van der Waals surface area contributed by atoms with E-state index < -0.39 is 0 Å². The molecule has 2 atom stereocenters. The summed E-state index contributed by atoms with van der Waals surface area (Å²) >= 11 is 0. The standard InChI is InChI=1S/C18H22N2O3/c1-11-8-14(19)4-5-15(11)16-6-7-17(23-16)18(21)20-9-12(2)22-13(3)10-20/h4-8,12-13H,9-10,19H2,1-3H3. The summed E-state index contributed by atoms with van der Waals surface area (Å²) in [6.45, 7) is 7.09. The second kappa shape index (κ2) is 6.08. The van der Waals surface area contributed by atoms with Gasteiger partial charge in [0.05, 0.1) is 12.2 Å². The Bertz CT molecular complexity index is 713. The molecule has 1 saturated heterocycles. The van der Waals surface area contributed by atoms with Crippen molar-refractivity contribution in [2.45, 2.75) is 33.0 Å². The van der Waals surface area contributed by atoms with Crippen LogP contribution < -0.4 is 5.73 Å². The van der Waals surface area contributed by atoms with Crippen LogP contribution in [0.5, 0.6) is 0 Å². The Morgan fingerprint density at radius 3 is 2.52 bits per heavy atom. The van der Waals surface area contributed by atoms with Crippen molar-refractivity contribution in [3.8, 4) is 11.3 Å². The first-order valence-corrected chi connectivity index (χ1v) is 7.85. The van der Waals surface area contributed by atoms with Crippen LogP contribution in [0.25, 0.3) is 11.3 Å². The maximum absolute atomic E-state index is 12.6. The number of anilines is 1. The molecule has 122 valence electrons. The van der Waals surface area contributed by atoms with Crippen LogP contribution in [0.2, 0.25) is 0 Å². The fraction of sp³-hybridized carbons (Fsp3) is 0.389. The van der Waals surface area contributed by atoms with Crippen molar-refractivity contribution in [1.29, 1.82) is 0 Å². The second-order valence-corrected chi connectivity index (χ2v) is 6.21. The Morgan fingerprint density at radius 1 is 1.17 bits per heavy atom. The van der Waals surface area contributed by atoms with Crippen molar-refractivity contribution >= 4 is 11.6 Å². The number of nitrogen functional groups attached to an aromatic ring is 1. The van der Waals surface area contributed by atoms with Crippen LogP contribution in [0.1, 0.15) is 30.0 Å². The minimum atomic E-state index is -0.0913. The fourth-order valence-electron chi connectivity index (χ4n) is 3.06. The van der Waals surface area contributed by atoms with Crippen LogP contribution in [0, 0.1) is 6.92 Å². The van der Waals surface area contributed by atoms with Gasteiger partial charge in [0.25, 0.3) is 5.91 Å².